The number of ketones is 1. The number of fused-ring (bicyclic) bond motifs is 1. The van der Waals surface area contributed by atoms with E-state index in [2.05, 4.69) is 20.9 Å². The van der Waals surface area contributed by atoms with Gasteiger partial charge in [0.1, 0.15) is 0 Å². The first-order valence-electron chi connectivity index (χ1n) is 6.78. The fourth-order valence-corrected chi connectivity index (χ4v) is 2.77. The van der Waals surface area contributed by atoms with Gasteiger partial charge in [-0.3, -0.25) is 9.78 Å². The Morgan fingerprint density at radius 2 is 1.78 bits per heavy atom. The van der Waals surface area contributed by atoms with Crippen LogP contribution in [-0.4, -0.2) is 26.1 Å². The lowest BCUT2D eigenvalue weighted by Crippen LogP contribution is -2.06. The van der Waals surface area contributed by atoms with Crippen LogP contribution in [0.1, 0.15) is 16.1 Å². The molecular formula is C17H12BrNO4. The standard InChI is InChI=1S/C17H12BrNO4/c18-11-7-9-3-1-2-4-12(9)19-13(11)8-15(21)10-5-6-14(20)17(23)16(10)22/h1-7,20,22-23H,8H2. The van der Waals surface area contributed by atoms with E-state index in [1.54, 1.807) is 0 Å². The second-order valence-electron chi connectivity index (χ2n) is 5.04. The van der Waals surface area contributed by atoms with Gasteiger partial charge in [0.15, 0.2) is 17.3 Å². The molecule has 0 aliphatic heterocycles. The van der Waals surface area contributed by atoms with Crippen LogP contribution in [0.4, 0.5) is 0 Å². The van der Waals surface area contributed by atoms with E-state index in [1.807, 2.05) is 30.3 Å². The molecule has 3 N–H and O–H groups in total. The molecule has 23 heavy (non-hydrogen) atoms. The van der Waals surface area contributed by atoms with Crippen LogP contribution in [0.2, 0.25) is 0 Å². The van der Waals surface area contributed by atoms with E-state index >= 15 is 0 Å². The monoisotopic (exact) mass is 373 g/mol. The summed E-state index contributed by atoms with van der Waals surface area (Å²) in [4.78, 5) is 16.8. The molecule has 2 aromatic carbocycles. The van der Waals surface area contributed by atoms with Gasteiger partial charge in [0, 0.05) is 9.86 Å². The Morgan fingerprint density at radius 3 is 2.57 bits per heavy atom. The number of hydrogen-bond donors (Lipinski definition) is 3. The highest BCUT2D eigenvalue weighted by molar-refractivity contribution is 9.10. The Kier molecular flexibility index (Phi) is 3.92. The molecule has 3 rings (SSSR count). The van der Waals surface area contributed by atoms with E-state index < -0.39 is 23.0 Å². The topological polar surface area (TPSA) is 90.7 Å². The zero-order valence-electron chi connectivity index (χ0n) is 11.8. The Labute approximate surface area is 140 Å². The van der Waals surface area contributed by atoms with Gasteiger partial charge in [0.2, 0.25) is 5.75 Å². The van der Waals surface area contributed by atoms with Gasteiger partial charge in [0.05, 0.1) is 23.2 Å². The van der Waals surface area contributed by atoms with Crippen molar-refractivity contribution < 1.29 is 20.1 Å². The largest absolute Gasteiger partial charge is 0.504 e. The Bertz CT molecular complexity index is 924. The summed E-state index contributed by atoms with van der Waals surface area (Å²) in [7, 11) is 0. The lowest BCUT2D eigenvalue weighted by molar-refractivity contribution is 0.0988. The Balaban J connectivity index is 1.97. The van der Waals surface area contributed by atoms with Gasteiger partial charge < -0.3 is 15.3 Å². The normalized spacial score (nSPS) is 10.8. The molecule has 0 aliphatic rings. The van der Waals surface area contributed by atoms with Crippen LogP contribution >= 0.6 is 15.9 Å². The maximum Gasteiger partial charge on any atom is 0.201 e. The third-order valence-electron chi connectivity index (χ3n) is 3.51. The molecule has 0 saturated carbocycles. The fourth-order valence-electron chi connectivity index (χ4n) is 2.30. The summed E-state index contributed by atoms with van der Waals surface area (Å²) in [6, 6.07) is 11.8. The molecule has 6 heteroatoms. The molecule has 0 bridgehead atoms. The minimum Gasteiger partial charge on any atom is -0.504 e. The van der Waals surface area contributed by atoms with Crippen molar-refractivity contribution in [1.82, 2.24) is 4.98 Å². The minimum atomic E-state index is -0.707. The van der Waals surface area contributed by atoms with E-state index in [4.69, 9.17) is 0 Å². The summed E-state index contributed by atoms with van der Waals surface area (Å²) >= 11 is 3.40. The van der Waals surface area contributed by atoms with E-state index in [0.717, 1.165) is 17.0 Å². The van der Waals surface area contributed by atoms with Gasteiger partial charge in [-0.1, -0.05) is 18.2 Å². The summed E-state index contributed by atoms with van der Waals surface area (Å²) in [6.45, 7) is 0. The van der Waals surface area contributed by atoms with E-state index in [0.29, 0.717) is 10.2 Å². The molecule has 5 nitrogen and oxygen atoms in total. The number of pyridine rings is 1. The molecule has 1 heterocycles. The maximum atomic E-state index is 12.4. The summed E-state index contributed by atoms with van der Waals surface area (Å²) in [6.07, 6.45) is -0.0524. The zero-order valence-corrected chi connectivity index (χ0v) is 13.4. The molecule has 116 valence electrons. The number of phenolic OH excluding ortho intramolecular Hbond substituents is 3. The molecule has 0 saturated heterocycles. The smallest absolute Gasteiger partial charge is 0.201 e. The number of rotatable bonds is 3. The lowest BCUT2D eigenvalue weighted by Gasteiger charge is -2.08. The van der Waals surface area contributed by atoms with Crippen LogP contribution in [0.25, 0.3) is 10.9 Å². The number of nitrogens with zero attached hydrogens (tertiary/aromatic N) is 1. The van der Waals surface area contributed by atoms with Crippen molar-refractivity contribution in [3.05, 3.63) is 58.2 Å². The van der Waals surface area contributed by atoms with Crippen LogP contribution in [0.5, 0.6) is 17.2 Å². The molecule has 0 aliphatic carbocycles. The highest BCUT2D eigenvalue weighted by atomic mass is 79.9. The molecule has 0 amide bonds. The van der Waals surface area contributed by atoms with Gasteiger partial charge >= 0.3 is 0 Å². The quantitative estimate of drug-likeness (QED) is 0.482. The second kappa shape index (κ2) is 5.89. The van der Waals surface area contributed by atoms with Crippen molar-refractivity contribution in [1.29, 1.82) is 0 Å². The van der Waals surface area contributed by atoms with Crippen LogP contribution in [0.3, 0.4) is 0 Å². The summed E-state index contributed by atoms with van der Waals surface area (Å²) < 4.78 is 0.687. The van der Waals surface area contributed by atoms with Crippen molar-refractivity contribution in [3.8, 4) is 17.2 Å². The lowest BCUT2D eigenvalue weighted by atomic mass is 10.0. The molecule has 0 radical (unpaired) electrons. The number of carbonyl (C=O) groups is 1. The van der Waals surface area contributed by atoms with Gasteiger partial charge in [-0.25, -0.2) is 0 Å². The average Bonchev–Trinajstić information content (AvgIpc) is 2.53. The average molecular weight is 374 g/mol. The van der Waals surface area contributed by atoms with Gasteiger partial charge in [-0.05, 0) is 40.2 Å². The van der Waals surface area contributed by atoms with Crippen molar-refractivity contribution in [3.63, 3.8) is 0 Å². The highest BCUT2D eigenvalue weighted by Crippen LogP contribution is 2.37. The number of Topliss-reactive ketones (excluding diaryl/α,β-unsaturated/α-hetero) is 1. The maximum absolute atomic E-state index is 12.4. The van der Waals surface area contributed by atoms with Gasteiger partial charge in [0.25, 0.3) is 0 Å². The molecular weight excluding hydrogens is 362 g/mol. The third kappa shape index (κ3) is 2.85. The van der Waals surface area contributed by atoms with Crippen molar-refractivity contribution in [2.75, 3.05) is 0 Å². The second-order valence-corrected chi connectivity index (χ2v) is 5.89. The van der Waals surface area contributed by atoms with Crippen LogP contribution in [0, 0.1) is 0 Å². The van der Waals surface area contributed by atoms with Crippen LogP contribution in [0.15, 0.2) is 46.9 Å². The SMILES string of the molecule is O=C(Cc1nc2ccccc2cc1Br)c1ccc(O)c(O)c1O. The zero-order chi connectivity index (χ0) is 16.6. The molecule has 3 aromatic rings. The van der Waals surface area contributed by atoms with Crippen molar-refractivity contribution >= 4 is 32.6 Å². The number of halogens is 1. The van der Waals surface area contributed by atoms with Crippen LogP contribution < -0.4 is 0 Å². The first kappa shape index (κ1) is 15.3. The van der Waals surface area contributed by atoms with Crippen LogP contribution in [-0.2, 0) is 6.42 Å². The molecule has 0 spiro atoms. The number of aromatic nitrogens is 1. The fraction of sp³-hybridized carbons (Fsp3) is 0.0588. The van der Waals surface area contributed by atoms with E-state index in [-0.39, 0.29) is 12.0 Å². The van der Waals surface area contributed by atoms with E-state index in [9.17, 15) is 20.1 Å². The predicted octanol–water partition coefficient (Wildman–Crippen LogP) is 3.54. The summed E-state index contributed by atoms with van der Waals surface area (Å²) in [5.74, 6) is -2.24. The summed E-state index contributed by atoms with van der Waals surface area (Å²) in [5.41, 5.74) is 1.22. The number of carbonyl (C=O) groups excluding carboxylic acids is 1. The molecule has 1 aromatic heterocycles. The molecule has 0 atom stereocenters. The van der Waals surface area contributed by atoms with Crippen molar-refractivity contribution in [2.45, 2.75) is 6.42 Å². The number of hydrogen-bond acceptors (Lipinski definition) is 5. The number of para-hydroxylation sites is 1. The van der Waals surface area contributed by atoms with Gasteiger partial charge in [-0.2, -0.15) is 0 Å². The predicted molar refractivity (Wildman–Crippen MR) is 88.9 cm³/mol. The number of phenols is 3. The highest BCUT2D eigenvalue weighted by Gasteiger charge is 2.19. The summed E-state index contributed by atoms with van der Waals surface area (Å²) in [5, 5.41) is 29.6. The Morgan fingerprint density at radius 1 is 1.04 bits per heavy atom. The number of benzene rings is 2. The third-order valence-corrected chi connectivity index (χ3v) is 4.20. The van der Waals surface area contributed by atoms with Gasteiger partial charge in [-0.15, -0.1) is 0 Å². The van der Waals surface area contributed by atoms with Crippen molar-refractivity contribution in [2.24, 2.45) is 0 Å². The minimum absolute atomic E-state index is 0.0524. The van der Waals surface area contributed by atoms with E-state index in [1.165, 1.54) is 6.07 Å². The Hall–Kier alpha value is -2.60. The number of aromatic hydroxyl groups is 3. The molecule has 0 unspecified atom stereocenters. The molecule has 0 fully saturated rings. The first-order chi connectivity index (χ1) is 11.0. The first-order valence-corrected chi connectivity index (χ1v) is 7.58.